The van der Waals surface area contributed by atoms with Gasteiger partial charge in [0.2, 0.25) is 0 Å². The van der Waals surface area contributed by atoms with Crippen molar-refractivity contribution in [3.8, 4) is 11.1 Å². The molecule has 2 aliphatic rings. The predicted octanol–water partition coefficient (Wildman–Crippen LogP) is 4.14. The lowest BCUT2D eigenvalue weighted by atomic mass is 9.98. The summed E-state index contributed by atoms with van der Waals surface area (Å²) in [4.78, 5) is 14.5. The van der Waals surface area contributed by atoms with Crippen molar-refractivity contribution in [2.24, 2.45) is 0 Å². The van der Waals surface area contributed by atoms with Crippen LogP contribution in [0, 0.1) is 0 Å². The van der Waals surface area contributed by atoms with Gasteiger partial charge in [-0.2, -0.15) is 0 Å². The van der Waals surface area contributed by atoms with Crippen molar-refractivity contribution < 1.29 is 19.4 Å². The summed E-state index contributed by atoms with van der Waals surface area (Å²) in [5.74, 6) is 0.00331. The third kappa shape index (κ3) is 3.09. The lowest BCUT2D eigenvalue weighted by molar-refractivity contribution is -0.0617. The molecule has 1 unspecified atom stereocenters. The quantitative estimate of drug-likeness (QED) is 0.868. The van der Waals surface area contributed by atoms with Crippen LogP contribution in [0.3, 0.4) is 0 Å². The van der Waals surface area contributed by atoms with Crippen molar-refractivity contribution in [1.82, 2.24) is 4.90 Å². The van der Waals surface area contributed by atoms with Crippen molar-refractivity contribution in [3.63, 3.8) is 0 Å². The van der Waals surface area contributed by atoms with Crippen LogP contribution >= 0.6 is 0 Å². The number of rotatable bonds is 3. The number of benzene rings is 2. The largest absolute Gasteiger partial charge is 0.448 e. The summed E-state index contributed by atoms with van der Waals surface area (Å²) >= 11 is 0. The van der Waals surface area contributed by atoms with Gasteiger partial charge < -0.3 is 14.6 Å². The van der Waals surface area contributed by atoms with Crippen LogP contribution in [0.25, 0.3) is 11.1 Å². The minimum absolute atomic E-state index is 0.00331. The van der Waals surface area contributed by atoms with E-state index in [2.05, 4.69) is 24.3 Å². The van der Waals surface area contributed by atoms with Crippen LogP contribution in [0.4, 0.5) is 4.79 Å². The number of hydrogen-bond donors (Lipinski definition) is 1. The SMILES string of the molecule is CC(C)(O)C1COC(C)(C)N1C(=O)OCC1c2ccccc2-c2ccccc21. The third-order valence-corrected chi connectivity index (χ3v) is 5.83. The van der Waals surface area contributed by atoms with E-state index in [0.717, 1.165) is 0 Å². The molecule has 0 aromatic heterocycles. The Balaban J connectivity index is 1.57. The van der Waals surface area contributed by atoms with Gasteiger partial charge in [-0.3, -0.25) is 4.90 Å². The highest BCUT2D eigenvalue weighted by molar-refractivity contribution is 5.79. The lowest BCUT2D eigenvalue weighted by Crippen LogP contribution is -2.55. The number of amides is 1. The lowest BCUT2D eigenvalue weighted by Gasteiger charge is -2.37. The highest BCUT2D eigenvalue weighted by atomic mass is 16.6. The number of aliphatic hydroxyl groups is 1. The van der Waals surface area contributed by atoms with Gasteiger partial charge in [-0.05, 0) is 49.9 Å². The zero-order valence-corrected chi connectivity index (χ0v) is 16.8. The Morgan fingerprint density at radius 2 is 1.68 bits per heavy atom. The summed E-state index contributed by atoms with van der Waals surface area (Å²) in [6, 6.07) is 16.0. The Hall–Kier alpha value is -2.37. The molecule has 1 fully saturated rings. The molecule has 5 nitrogen and oxygen atoms in total. The maximum absolute atomic E-state index is 13.0. The first-order chi connectivity index (χ1) is 13.2. The molecule has 1 atom stereocenters. The average Bonchev–Trinajstić information content (AvgIpc) is 3.14. The molecule has 0 bridgehead atoms. The summed E-state index contributed by atoms with van der Waals surface area (Å²) in [7, 11) is 0. The average molecular weight is 381 g/mol. The number of ether oxygens (including phenoxy) is 2. The molecule has 4 rings (SSSR count). The molecule has 5 heteroatoms. The number of fused-ring (bicyclic) bond motifs is 3. The van der Waals surface area contributed by atoms with Crippen LogP contribution in [-0.2, 0) is 9.47 Å². The Labute approximate surface area is 165 Å². The molecule has 1 aliphatic heterocycles. The molecular formula is C23H27NO4. The van der Waals surface area contributed by atoms with Gasteiger partial charge in [-0.1, -0.05) is 48.5 Å². The van der Waals surface area contributed by atoms with Crippen LogP contribution in [0.2, 0.25) is 0 Å². The van der Waals surface area contributed by atoms with E-state index in [0.29, 0.717) is 0 Å². The Bertz CT molecular complexity index is 854. The molecule has 1 heterocycles. The van der Waals surface area contributed by atoms with Crippen LogP contribution in [-0.4, -0.2) is 46.7 Å². The second-order valence-electron chi connectivity index (χ2n) is 8.60. The molecule has 0 radical (unpaired) electrons. The monoisotopic (exact) mass is 381 g/mol. The highest BCUT2D eigenvalue weighted by Crippen LogP contribution is 2.44. The van der Waals surface area contributed by atoms with Gasteiger partial charge in [0.05, 0.1) is 18.2 Å². The van der Waals surface area contributed by atoms with E-state index in [1.165, 1.54) is 27.2 Å². The smallest absolute Gasteiger partial charge is 0.412 e. The Morgan fingerprint density at radius 3 is 2.21 bits per heavy atom. The van der Waals surface area contributed by atoms with Crippen LogP contribution in [0.5, 0.6) is 0 Å². The van der Waals surface area contributed by atoms with Crippen LogP contribution in [0.15, 0.2) is 48.5 Å². The molecule has 2 aromatic rings. The third-order valence-electron chi connectivity index (χ3n) is 5.83. The van der Waals surface area contributed by atoms with Gasteiger partial charge in [-0.25, -0.2) is 4.79 Å². The van der Waals surface area contributed by atoms with Gasteiger partial charge in [0, 0.05) is 5.92 Å². The minimum atomic E-state index is -1.08. The molecule has 0 saturated carbocycles. The van der Waals surface area contributed by atoms with Gasteiger partial charge in [0.1, 0.15) is 12.3 Å². The summed E-state index contributed by atoms with van der Waals surface area (Å²) in [5, 5.41) is 10.5. The topological polar surface area (TPSA) is 59.0 Å². The Kier molecular flexibility index (Phi) is 4.47. The molecule has 1 aliphatic carbocycles. The molecule has 1 amide bonds. The van der Waals surface area contributed by atoms with E-state index in [9.17, 15) is 9.90 Å². The highest BCUT2D eigenvalue weighted by Gasteiger charge is 2.50. The number of hydrogen-bond acceptors (Lipinski definition) is 4. The van der Waals surface area contributed by atoms with Crippen molar-refractivity contribution in [2.75, 3.05) is 13.2 Å². The molecule has 2 aromatic carbocycles. The van der Waals surface area contributed by atoms with E-state index in [-0.39, 0.29) is 19.1 Å². The second-order valence-corrected chi connectivity index (χ2v) is 8.60. The molecule has 148 valence electrons. The fourth-order valence-electron chi connectivity index (χ4n) is 4.33. The summed E-state index contributed by atoms with van der Waals surface area (Å²) in [6.07, 6.45) is -0.462. The molecule has 0 spiro atoms. The van der Waals surface area contributed by atoms with Crippen molar-refractivity contribution in [1.29, 1.82) is 0 Å². The van der Waals surface area contributed by atoms with E-state index < -0.39 is 23.5 Å². The van der Waals surface area contributed by atoms with E-state index in [1.54, 1.807) is 13.8 Å². The summed E-state index contributed by atoms with van der Waals surface area (Å²) < 4.78 is 11.5. The van der Waals surface area contributed by atoms with Gasteiger partial charge in [0.15, 0.2) is 0 Å². The van der Waals surface area contributed by atoms with Crippen molar-refractivity contribution >= 4 is 6.09 Å². The summed E-state index contributed by atoms with van der Waals surface area (Å²) in [5.41, 5.74) is 2.82. The van der Waals surface area contributed by atoms with Crippen molar-refractivity contribution in [3.05, 3.63) is 59.7 Å². The van der Waals surface area contributed by atoms with E-state index >= 15 is 0 Å². The number of carbonyl (C=O) groups excluding carboxylic acids is 1. The standard InChI is InChI=1S/C23H27NO4/c1-22(2,26)20-14-28-23(3,4)24(20)21(25)27-13-19-17-11-7-5-9-15(17)16-10-6-8-12-18(16)19/h5-12,19-20,26H,13-14H2,1-4H3. The number of carbonyl (C=O) groups is 1. The maximum Gasteiger partial charge on any atom is 0.412 e. The van der Waals surface area contributed by atoms with Crippen LogP contribution < -0.4 is 0 Å². The first-order valence-corrected chi connectivity index (χ1v) is 9.71. The molecular weight excluding hydrogens is 354 g/mol. The Morgan fingerprint density at radius 1 is 1.14 bits per heavy atom. The van der Waals surface area contributed by atoms with Gasteiger partial charge in [-0.15, -0.1) is 0 Å². The first-order valence-electron chi connectivity index (χ1n) is 9.71. The van der Waals surface area contributed by atoms with Crippen molar-refractivity contribution in [2.45, 2.75) is 51.0 Å². The number of nitrogens with zero attached hydrogens (tertiary/aromatic N) is 1. The fraction of sp³-hybridized carbons (Fsp3) is 0.435. The maximum atomic E-state index is 13.0. The zero-order chi connectivity index (χ0) is 20.1. The van der Waals surface area contributed by atoms with E-state index in [1.807, 2.05) is 38.1 Å². The molecule has 28 heavy (non-hydrogen) atoms. The molecule has 1 N–H and O–H groups in total. The normalized spacial score (nSPS) is 20.8. The second kappa shape index (κ2) is 6.61. The minimum Gasteiger partial charge on any atom is -0.448 e. The predicted molar refractivity (Wildman–Crippen MR) is 107 cm³/mol. The zero-order valence-electron chi connectivity index (χ0n) is 16.8. The van der Waals surface area contributed by atoms with E-state index in [4.69, 9.17) is 9.47 Å². The van der Waals surface area contributed by atoms with Gasteiger partial charge in [0.25, 0.3) is 0 Å². The molecule has 1 saturated heterocycles. The van der Waals surface area contributed by atoms with Gasteiger partial charge >= 0.3 is 6.09 Å². The first kappa shape index (κ1) is 19.0. The summed E-state index contributed by atoms with van der Waals surface area (Å²) in [6.45, 7) is 7.54. The van der Waals surface area contributed by atoms with Crippen LogP contribution in [0.1, 0.15) is 44.7 Å². The fourth-order valence-corrected chi connectivity index (χ4v) is 4.33.